The van der Waals surface area contributed by atoms with Crippen LogP contribution in [-0.4, -0.2) is 28.5 Å². The number of amides is 1. The molecule has 0 aliphatic rings. The van der Waals surface area contributed by atoms with Crippen LogP contribution < -0.4 is 10.1 Å². The number of halogens is 1. The van der Waals surface area contributed by atoms with Gasteiger partial charge in [0.1, 0.15) is 0 Å². The number of benzene rings is 2. The third kappa shape index (κ3) is 4.53. The van der Waals surface area contributed by atoms with Gasteiger partial charge in [0, 0.05) is 44.2 Å². The number of nitrogens with one attached hydrogen (secondary N) is 1. The number of hydrogen-bond donors (Lipinski definition) is 1. The summed E-state index contributed by atoms with van der Waals surface area (Å²) >= 11 is 6.32. The molecule has 1 amide bonds. The van der Waals surface area contributed by atoms with Crippen molar-refractivity contribution in [1.29, 1.82) is 0 Å². The summed E-state index contributed by atoms with van der Waals surface area (Å²) in [6.07, 6.45) is 3.15. The Hall–Kier alpha value is -2.70. The van der Waals surface area contributed by atoms with E-state index in [1.165, 1.54) is 13.3 Å². The Morgan fingerprint density at radius 1 is 1.11 bits per heavy atom. The fourth-order valence-electron chi connectivity index (χ4n) is 2.49. The lowest BCUT2D eigenvalue weighted by Gasteiger charge is -2.10. The van der Waals surface area contributed by atoms with Crippen molar-refractivity contribution in [1.82, 2.24) is 4.98 Å². The minimum Gasteiger partial charge on any atom is -0.481 e. The first kappa shape index (κ1) is 19.1. The van der Waals surface area contributed by atoms with Gasteiger partial charge in [0.15, 0.2) is 0 Å². The maximum absolute atomic E-state index is 12.6. The summed E-state index contributed by atoms with van der Waals surface area (Å²) in [5.41, 5.74) is 2.60. The van der Waals surface area contributed by atoms with Gasteiger partial charge in [-0.05, 0) is 42.0 Å². The number of methoxy groups -OCH3 is 1. The van der Waals surface area contributed by atoms with Crippen LogP contribution in [0.1, 0.15) is 10.4 Å². The highest BCUT2D eigenvalue weighted by Crippen LogP contribution is 2.30. The lowest BCUT2D eigenvalue weighted by atomic mass is 10.0. The van der Waals surface area contributed by atoms with E-state index in [4.69, 9.17) is 16.3 Å². The van der Waals surface area contributed by atoms with Crippen molar-refractivity contribution in [3.05, 3.63) is 71.4 Å². The van der Waals surface area contributed by atoms with Gasteiger partial charge < -0.3 is 10.1 Å². The average molecular weight is 401 g/mol. The third-order valence-electron chi connectivity index (χ3n) is 3.93. The van der Waals surface area contributed by atoms with Gasteiger partial charge in [0.05, 0.1) is 19.0 Å². The van der Waals surface area contributed by atoms with E-state index in [9.17, 15) is 9.00 Å². The molecule has 7 heteroatoms. The fraction of sp³-hybridized carbons (Fsp3) is 0.100. The number of aromatic nitrogens is 1. The van der Waals surface area contributed by atoms with Crippen molar-refractivity contribution in [2.75, 3.05) is 18.7 Å². The molecule has 3 rings (SSSR count). The SMILES string of the molecule is COc1ccc(NC(=O)c2ccc(Cl)c(-c3ccc(S(C)=O)cc3)c2)cn1. The molecule has 0 saturated heterocycles. The van der Waals surface area contributed by atoms with Gasteiger partial charge in [0.25, 0.3) is 5.91 Å². The first-order valence-electron chi connectivity index (χ1n) is 8.03. The third-order valence-corrected chi connectivity index (χ3v) is 5.19. The quantitative estimate of drug-likeness (QED) is 0.689. The number of pyridine rings is 1. The molecule has 0 spiro atoms. The molecule has 3 aromatic rings. The summed E-state index contributed by atoms with van der Waals surface area (Å²) in [7, 11) is 0.480. The van der Waals surface area contributed by atoms with Crippen LogP contribution in [0.5, 0.6) is 5.88 Å². The minimum atomic E-state index is -1.05. The highest BCUT2D eigenvalue weighted by atomic mass is 35.5. The van der Waals surface area contributed by atoms with Crippen LogP contribution in [-0.2, 0) is 10.8 Å². The minimum absolute atomic E-state index is 0.272. The number of hydrogen-bond acceptors (Lipinski definition) is 4. The zero-order chi connectivity index (χ0) is 19.4. The molecule has 5 nitrogen and oxygen atoms in total. The van der Waals surface area contributed by atoms with Crippen molar-refractivity contribution in [2.24, 2.45) is 0 Å². The van der Waals surface area contributed by atoms with Crippen LogP contribution in [0.2, 0.25) is 5.02 Å². The van der Waals surface area contributed by atoms with Gasteiger partial charge in [-0.2, -0.15) is 0 Å². The number of carbonyl (C=O) groups is 1. The molecule has 1 unspecified atom stereocenters. The Kier molecular flexibility index (Phi) is 5.88. The summed E-state index contributed by atoms with van der Waals surface area (Å²) in [5.74, 6) is 0.199. The molecule has 2 aromatic carbocycles. The van der Waals surface area contributed by atoms with Gasteiger partial charge >= 0.3 is 0 Å². The van der Waals surface area contributed by atoms with Crippen molar-refractivity contribution in [3.63, 3.8) is 0 Å². The summed E-state index contributed by atoms with van der Waals surface area (Å²) in [4.78, 5) is 17.3. The van der Waals surface area contributed by atoms with Gasteiger partial charge in [-0.15, -0.1) is 0 Å². The average Bonchev–Trinajstić information content (AvgIpc) is 2.69. The number of ether oxygens (including phenoxy) is 1. The normalized spacial score (nSPS) is 11.7. The van der Waals surface area contributed by atoms with Gasteiger partial charge in [-0.25, -0.2) is 4.98 Å². The molecule has 0 aliphatic carbocycles. The predicted molar refractivity (Wildman–Crippen MR) is 108 cm³/mol. The van der Waals surface area contributed by atoms with E-state index in [0.29, 0.717) is 22.2 Å². The maximum atomic E-state index is 12.6. The Morgan fingerprint density at radius 2 is 1.85 bits per heavy atom. The lowest BCUT2D eigenvalue weighted by molar-refractivity contribution is 0.102. The molecule has 1 heterocycles. The molecular formula is C20H17ClN2O3S. The van der Waals surface area contributed by atoms with E-state index in [1.54, 1.807) is 48.7 Å². The Labute approximate surface area is 164 Å². The van der Waals surface area contributed by atoms with Crippen LogP contribution in [0.25, 0.3) is 11.1 Å². The largest absolute Gasteiger partial charge is 0.481 e. The highest BCUT2D eigenvalue weighted by molar-refractivity contribution is 7.84. The second-order valence-corrected chi connectivity index (χ2v) is 7.50. The van der Waals surface area contributed by atoms with Crippen LogP contribution in [0.15, 0.2) is 65.7 Å². The Morgan fingerprint density at radius 3 is 2.44 bits per heavy atom. The molecule has 1 N–H and O–H groups in total. The lowest BCUT2D eigenvalue weighted by Crippen LogP contribution is -2.12. The summed E-state index contributed by atoms with van der Waals surface area (Å²) in [5, 5.41) is 3.32. The van der Waals surface area contributed by atoms with Crippen LogP contribution >= 0.6 is 11.6 Å². The first-order chi connectivity index (χ1) is 13.0. The second kappa shape index (κ2) is 8.33. The van der Waals surface area contributed by atoms with Crippen molar-refractivity contribution in [2.45, 2.75) is 4.90 Å². The summed E-state index contributed by atoms with van der Waals surface area (Å²) in [6, 6.07) is 15.7. The molecule has 138 valence electrons. The van der Waals surface area contributed by atoms with Gasteiger partial charge in [0.2, 0.25) is 5.88 Å². The number of carbonyl (C=O) groups excluding carboxylic acids is 1. The Balaban J connectivity index is 1.85. The van der Waals surface area contributed by atoms with E-state index in [0.717, 1.165) is 16.0 Å². The van der Waals surface area contributed by atoms with E-state index < -0.39 is 10.8 Å². The van der Waals surface area contributed by atoms with Crippen molar-refractivity contribution < 1.29 is 13.7 Å². The van der Waals surface area contributed by atoms with E-state index in [1.807, 2.05) is 12.1 Å². The van der Waals surface area contributed by atoms with Crippen LogP contribution in [0, 0.1) is 0 Å². The van der Waals surface area contributed by atoms with Crippen LogP contribution in [0.4, 0.5) is 5.69 Å². The molecule has 0 bridgehead atoms. The standard InChI is InChI=1S/C20H17ClN2O3S/c1-26-19-10-6-15(12-22-19)23-20(24)14-5-9-18(21)17(11-14)13-3-7-16(8-4-13)27(2)25/h3-12H,1-2H3,(H,23,24). The van der Waals surface area contributed by atoms with E-state index in [2.05, 4.69) is 10.3 Å². The molecule has 0 saturated carbocycles. The topological polar surface area (TPSA) is 68.3 Å². The number of anilines is 1. The number of nitrogens with zero attached hydrogens (tertiary/aromatic N) is 1. The molecular weight excluding hydrogens is 384 g/mol. The smallest absolute Gasteiger partial charge is 0.255 e. The van der Waals surface area contributed by atoms with Gasteiger partial charge in [-0.1, -0.05) is 23.7 Å². The molecule has 1 aromatic heterocycles. The highest BCUT2D eigenvalue weighted by Gasteiger charge is 2.11. The van der Waals surface area contributed by atoms with Crippen molar-refractivity contribution in [3.8, 4) is 17.0 Å². The van der Waals surface area contributed by atoms with E-state index in [-0.39, 0.29) is 5.91 Å². The fourth-order valence-corrected chi connectivity index (χ4v) is 3.24. The maximum Gasteiger partial charge on any atom is 0.255 e. The van der Waals surface area contributed by atoms with Crippen molar-refractivity contribution >= 4 is 34.0 Å². The van der Waals surface area contributed by atoms with E-state index >= 15 is 0 Å². The van der Waals surface area contributed by atoms with Crippen LogP contribution in [0.3, 0.4) is 0 Å². The Bertz CT molecular complexity index is 989. The molecule has 0 aliphatic heterocycles. The summed E-state index contributed by atoms with van der Waals surface area (Å²) in [6.45, 7) is 0. The zero-order valence-electron chi connectivity index (χ0n) is 14.7. The molecule has 0 fully saturated rings. The second-order valence-electron chi connectivity index (χ2n) is 5.72. The summed E-state index contributed by atoms with van der Waals surface area (Å²) < 4.78 is 16.5. The predicted octanol–water partition coefficient (Wildman–Crippen LogP) is 4.40. The monoisotopic (exact) mass is 400 g/mol. The first-order valence-corrected chi connectivity index (χ1v) is 9.96. The zero-order valence-corrected chi connectivity index (χ0v) is 16.3. The van der Waals surface area contributed by atoms with Gasteiger partial charge in [-0.3, -0.25) is 9.00 Å². The molecule has 0 radical (unpaired) electrons. The molecule has 27 heavy (non-hydrogen) atoms. The molecule has 1 atom stereocenters. The number of rotatable bonds is 5.